The van der Waals surface area contributed by atoms with E-state index < -0.39 is 17.6 Å². The zero-order valence-corrected chi connectivity index (χ0v) is 12.8. The average Bonchev–Trinajstić information content (AvgIpc) is 2.48. The van der Waals surface area contributed by atoms with Gasteiger partial charge in [0.25, 0.3) is 0 Å². The molecule has 0 aliphatic heterocycles. The normalized spacial score (nSPS) is 11.9. The van der Waals surface area contributed by atoms with Crippen molar-refractivity contribution in [3.63, 3.8) is 0 Å². The molecule has 0 radical (unpaired) electrons. The highest BCUT2D eigenvalue weighted by Crippen LogP contribution is 2.33. The quantitative estimate of drug-likeness (QED) is 0.317. The molecule has 0 saturated heterocycles. The maximum Gasteiger partial charge on any atom is 0.417 e. The molecular formula is C15H8ClF4NOS. The van der Waals surface area contributed by atoms with Crippen LogP contribution in [0.1, 0.15) is 15.9 Å². The molecule has 1 heterocycles. The molecule has 0 amide bonds. The second kappa shape index (κ2) is 7.14. The fourth-order valence-electron chi connectivity index (χ4n) is 1.54. The van der Waals surface area contributed by atoms with E-state index in [1.807, 2.05) is 0 Å². The Morgan fingerprint density at radius 1 is 1.22 bits per heavy atom. The molecule has 0 aliphatic rings. The van der Waals surface area contributed by atoms with Crippen LogP contribution in [0, 0.1) is 5.82 Å². The van der Waals surface area contributed by atoms with E-state index in [2.05, 4.69) is 4.98 Å². The van der Waals surface area contributed by atoms with E-state index in [4.69, 9.17) is 11.6 Å². The van der Waals surface area contributed by atoms with Gasteiger partial charge in [0, 0.05) is 11.8 Å². The average molecular weight is 362 g/mol. The van der Waals surface area contributed by atoms with Crippen LogP contribution < -0.4 is 0 Å². The lowest BCUT2D eigenvalue weighted by atomic mass is 10.1. The third kappa shape index (κ3) is 4.80. The Bertz CT molecular complexity index is 744. The van der Waals surface area contributed by atoms with Gasteiger partial charge in [-0.25, -0.2) is 9.37 Å². The molecule has 2 aromatic rings. The minimum atomic E-state index is -4.52. The summed E-state index contributed by atoms with van der Waals surface area (Å²) in [5.41, 5.74) is -0.659. The van der Waals surface area contributed by atoms with Crippen molar-refractivity contribution in [2.75, 3.05) is 0 Å². The van der Waals surface area contributed by atoms with Crippen LogP contribution in [0.5, 0.6) is 0 Å². The molecule has 0 N–H and O–H groups in total. The number of alkyl halides is 3. The predicted molar refractivity (Wildman–Crippen MR) is 80.0 cm³/mol. The maximum atomic E-state index is 12.7. The summed E-state index contributed by atoms with van der Waals surface area (Å²) in [5.74, 6) is -0.832. The number of aromatic nitrogens is 1. The Kier molecular flexibility index (Phi) is 5.43. The van der Waals surface area contributed by atoms with Crippen LogP contribution in [0.25, 0.3) is 0 Å². The van der Waals surface area contributed by atoms with Crippen molar-refractivity contribution in [3.8, 4) is 0 Å². The van der Waals surface area contributed by atoms with Gasteiger partial charge in [-0.2, -0.15) is 13.2 Å². The van der Waals surface area contributed by atoms with Gasteiger partial charge in [-0.1, -0.05) is 23.4 Å². The SMILES string of the molecule is O=C(C=CSc1ncc(C(F)(F)F)cc1Cl)c1ccc(F)cc1. The summed E-state index contributed by atoms with van der Waals surface area (Å²) in [4.78, 5) is 15.4. The molecule has 0 bridgehead atoms. The van der Waals surface area contributed by atoms with E-state index in [0.717, 1.165) is 30.0 Å². The van der Waals surface area contributed by atoms with Crippen molar-refractivity contribution in [2.45, 2.75) is 11.2 Å². The summed E-state index contributed by atoms with van der Waals surface area (Å²) in [7, 11) is 0. The number of ketones is 1. The van der Waals surface area contributed by atoms with Gasteiger partial charge >= 0.3 is 6.18 Å². The molecule has 0 aliphatic carbocycles. The summed E-state index contributed by atoms with van der Waals surface area (Å²) in [6.45, 7) is 0. The number of thioether (sulfide) groups is 1. The van der Waals surface area contributed by atoms with Gasteiger partial charge in [-0.3, -0.25) is 4.79 Å². The highest BCUT2D eigenvalue weighted by molar-refractivity contribution is 8.02. The molecule has 0 saturated carbocycles. The lowest BCUT2D eigenvalue weighted by Gasteiger charge is -2.07. The van der Waals surface area contributed by atoms with Gasteiger partial charge in [0.2, 0.25) is 0 Å². The number of hydrogen-bond acceptors (Lipinski definition) is 3. The van der Waals surface area contributed by atoms with Gasteiger partial charge in [-0.05, 0) is 41.8 Å². The monoisotopic (exact) mass is 361 g/mol. The Labute approximate surface area is 138 Å². The molecule has 120 valence electrons. The van der Waals surface area contributed by atoms with E-state index in [1.165, 1.54) is 23.6 Å². The highest BCUT2D eigenvalue weighted by atomic mass is 35.5. The third-order valence-electron chi connectivity index (χ3n) is 2.66. The first kappa shape index (κ1) is 17.5. The highest BCUT2D eigenvalue weighted by Gasteiger charge is 2.31. The molecule has 2 nitrogen and oxygen atoms in total. The minimum absolute atomic E-state index is 0.142. The number of carbonyl (C=O) groups excluding carboxylic acids is 1. The van der Waals surface area contributed by atoms with Crippen LogP contribution in [0.3, 0.4) is 0 Å². The van der Waals surface area contributed by atoms with E-state index >= 15 is 0 Å². The Morgan fingerprint density at radius 2 is 1.87 bits per heavy atom. The Balaban J connectivity index is 2.05. The molecule has 0 spiro atoms. The van der Waals surface area contributed by atoms with E-state index in [-0.39, 0.29) is 21.4 Å². The summed E-state index contributed by atoms with van der Waals surface area (Å²) in [5, 5.41) is 1.33. The first-order valence-electron chi connectivity index (χ1n) is 6.13. The van der Waals surface area contributed by atoms with Crippen molar-refractivity contribution < 1.29 is 22.4 Å². The summed E-state index contributed by atoms with van der Waals surface area (Å²) < 4.78 is 50.2. The molecule has 1 aromatic carbocycles. The summed E-state index contributed by atoms with van der Waals surface area (Å²) in [6.07, 6.45) is -2.65. The number of benzene rings is 1. The number of rotatable bonds is 4. The van der Waals surface area contributed by atoms with Crippen LogP contribution in [0.4, 0.5) is 17.6 Å². The number of carbonyl (C=O) groups is 1. The molecule has 0 atom stereocenters. The van der Waals surface area contributed by atoms with Crippen molar-refractivity contribution in [1.82, 2.24) is 4.98 Å². The van der Waals surface area contributed by atoms with Gasteiger partial charge in [-0.15, -0.1) is 0 Å². The Morgan fingerprint density at radius 3 is 2.43 bits per heavy atom. The number of halogens is 5. The first-order valence-corrected chi connectivity index (χ1v) is 7.39. The lowest BCUT2D eigenvalue weighted by Crippen LogP contribution is -2.05. The molecule has 8 heteroatoms. The fourth-order valence-corrected chi connectivity index (χ4v) is 2.44. The zero-order valence-electron chi connectivity index (χ0n) is 11.3. The van der Waals surface area contributed by atoms with Gasteiger partial charge in [0.05, 0.1) is 10.6 Å². The summed E-state index contributed by atoms with van der Waals surface area (Å²) in [6, 6.07) is 5.74. The Hall–Kier alpha value is -1.86. The fraction of sp³-hybridized carbons (Fsp3) is 0.0667. The van der Waals surface area contributed by atoms with Crippen molar-refractivity contribution in [1.29, 1.82) is 0 Å². The van der Waals surface area contributed by atoms with E-state index in [0.29, 0.717) is 6.20 Å². The van der Waals surface area contributed by atoms with Crippen LogP contribution in [-0.4, -0.2) is 10.8 Å². The lowest BCUT2D eigenvalue weighted by molar-refractivity contribution is -0.137. The van der Waals surface area contributed by atoms with Crippen molar-refractivity contribution in [3.05, 3.63) is 70.0 Å². The summed E-state index contributed by atoms with van der Waals surface area (Å²) >= 11 is 6.65. The standard InChI is InChI=1S/C15H8ClF4NOS/c16-12-7-10(15(18,19)20)8-21-14(12)23-6-5-13(22)9-1-3-11(17)4-2-9/h1-8H. The smallest absolute Gasteiger partial charge is 0.289 e. The molecule has 2 rings (SSSR count). The third-order valence-corrected chi connectivity index (χ3v) is 3.88. The zero-order chi connectivity index (χ0) is 17.0. The van der Waals surface area contributed by atoms with Crippen LogP contribution in [0.2, 0.25) is 5.02 Å². The van der Waals surface area contributed by atoms with Crippen LogP contribution >= 0.6 is 23.4 Å². The van der Waals surface area contributed by atoms with Gasteiger partial charge < -0.3 is 0 Å². The number of hydrogen-bond donors (Lipinski definition) is 0. The predicted octanol–water partition coefficient (Wildman–Crippen LogP) is 5.38. The molecular weight excluding hydrogens is 354 g/mol. The second-order valence-corrected chi connectivity index (χ2v) is 5.60. The second-order valence-electron chi connectivity index (χ2n) is 4.30. The van der Waals surface area contributed by atoms with E-state index in [1.54, 1.807) is 0 Å². The van der Waals surface area contributed by atoms with Gasteiger partial charge in [0.1, 0.15) is 10.8 Å². The number of allylic oxidation sites excluding steroid dienone is 1. The van der Waals surface area contributed by atoms with Gasteiger partial charge in [0.15, 0.2) is 5.78 Å². The molecule has 23 heavy (non-hydrogen) atoms. The minimum Gasteiger partial charge on any atom is -0.289 e. The maximum absolute atomic E-state index is 12.7. The largest absolute Gasteiger partial charge is 0.417 e. The number of pyridine rings is 1. The van der Waals surface area contributed by atoms with E-state index in [9.17, 15) is 22.4 Å². The molecule has 0 fully saturated rings. The van der Waals surface area contributed by atoms with Crippen molar-refractivity contribution >= 4 is 29.1 Å². The molecule has 1 aromatic heterocycles. The van der Waals surface area contributed by atoms with Crippen molar-refractivity contribution in [2.24, 2.45) is 0 Å². The molecule has 0 unspecified atom stereocenters. The van der Waals surface area contributed by atoms with Crippen LogP contribution in [0.15, 0.2) is 53.0 Å². The number of nitrogens with zero attached hydrogens (tertiary/aromatic N) is 1. The topological polar surface area (TPSA) is 30.0 Å². The first-order chi connectivity index (χ1) is 10.8. The van der Waals surface area contributed by atoms with Crippen LogP contribution in [-0.2, 0) is 6.18 Å².